The number of aromatic nitrogens is 4. The van der Waals surface area contributed by atoms with Crippen LogP contribution in [0, 0.1) is 0 Å². The molecule has 5 atom stereocenters. The van der Waals surface area contributed by atoms with Crippen molar-refractivity contribution in [2.75, 3.05) is 5.73 Å². The summed E-state index contributed by atoms with van der Waals surface area (Å²) < 4.78 is 6.87. The van der Waals surface area contributed by atoms with E-state index in [4.69, 9.17) is 10.5 Å². The number of nitrogens with one attached hydrogen (secondary N) is 1. The van der Waals surface area contributed by atoms with Crippen molar-refractivity contribution in [2.45, 2.75) is 37.1 Å². The lowest BCUT2D eigenvalue weighted by molar-refractivity contribution is -0.0972. The van der Waals surface area contributed by atoms with Gasteiger partial charge in [-0.1, -0.05) is 6.08 Å². The Morgan fingerprint density at radius 1 is 1.65 bits per heavy atom. The molecule has 0 bridgehead atoms. The minimum Gasteiger partial charge on any atom is -0.387 e. The van der Waals surface area contributed by atoms with Crippen LogP contribution in [0.1, 0.15) is 13.2 Å². The zero-order valence-electron chi connectivity index (χ0n) is 12.2. The number of hydrogen-bond donors (Lipinski definition) is 5. The maximum Gasteiger partial charge on any atom is 0.280 e. The maximum atomic E-state index is 11.8. The molecule has 0 radical (unpaired) electrons. The zero-order chi connectivity index (χ0) is 16.9. The topological polar surface area (TPSA) is 160 Å². The number of nitrogens with two attached hydrogens (primary N) is 1. The third kappa shape index (κ3) is 2.23. The van der Waals surface area contributed by atoms with E-state index in [9.17, 15) is 20.1 Å². The van der Waals surface area contributed by atoms with Crippen LogP contribution in [-0.4, -0.2) is 58.8 Å². The van der Waals surface area contributed by atoms with Gasteiger partial charge in [-0.3, -0.25) is 14.3 Å². The fourth-order valence-corrected chi connectivity index (χ4v) is 2.70. The van der Waals surface area contributed by atoms with Crippen molar-refractivity contribution in [3.05, 3.63) is 29.3 Å². The molecule has 1 saturated heterocycles. The Hall–Kier alpha value is -2.27. The highest BCUT2D eigenvalue weighted by Crippen LogP contribution is 2.40. The maximum absolute atomic E-state index is 11.8. The number of ether oxygens (including phenoxy) is 1. The molecule has 6 N–H and O–H groups in total. The Morgan fingerprint density at radius 2 is 2.35 bits per heavy atom. The number of H-pyrrole nitrogens is 1. The SMILES string of the molecule is C=C[C@@H](O)[C@H]1O[C@@H](n2cnc3c(=O)[nH]c(N)nc32)[C@](C)(O)[C@@H]1O. The molecule has 10 nitrogen and oxygen atoms in total. The van der Waals surface area contributed by atoms with Crippen molar-refractivity contribution in [2.24, 2.45) is 0 Å². The van der Waals surface area contributed by atoms with E-state index in [1.807, 2.05) is 0 Å². The van der Waals surface area contributed by atoms with Gasteiger partial charge in [-0.25, -0.2) is 4.98 Å². The molecule has 1 fully saturated rings. The second-order valence-electron chi connectivity index (χ2n) is 5.63. The molecule has 124 valence electrons. The Balaban J connectivity index is 2.11. The van der Waals surface area contributed by atoms with Gasteiger partial charge in [0, 0.05) is 0 Å². The van der Waals surface area contributed by atoms with Crippen molar-refractivity contribution in [1.29, 1.82) is 0 Å². The molecule has 0 aromatic carbocycles. The van der Waals surface area contributed by atoms with E-state index in [-0.39, 0.29) is 17.1 Å². The summed E-state index contributed by atoms with van der Waals surface area (Å²) >= 11 is 0. The molecule has 1 aliphatic rings. The number of aliphatic hydroxyl groups is 3. The molecule has 1 aliphatic heterocycles. The Labute approximate surface area is 129 Å². The first-order valence-corrected chi connectivity index (χ1v) is 6.86. The standard InChI is InChI=1S/C13H17N5O5/c1-3-5(19)7-8(20)13(2,22)11(23-7)18-4-15-6-9(18)16-12(14)17-10(6)21/h3-5,7-8,11,19-20,22H,1H2,2H3,(H3,14,16,17,21)/t5-,7-,8-,11-,13-/m1/s1. The highest BCUT2D eigenvalue weighted by molar-refractivity contribution is 5.70. The van der Waals surface area contributed by atoms with Gasteiger partial charge in [0.25, 0.3) is 5.56 Å². The van der Waals surface area contributed by atoms with Crippen LogP contribution in [0.4, 0.5) is 5.95 Å². The predicted molar refractivity (Wildman–Crippen MR) is 79.3 cm³/mol. The third-order valence-electron chi connectivity index (χ3n) is 3.98. The molecular weight excluding hydrogens is 306 g/mol. The normalized spacial score (nSPS) is 32.3. The van der Waals surface area contributed by atoms with Crippen LogP contribution < -0.4 is 11.3 Å². The first-order chi connectivity index (χ1) is 10.8. The molecule has 10 heteroatoms. The number of nitrogen functional groups attached to an aromatic ring is 1. The van der Waals surface area contributed by atoms with Crippen molar-refractivity contribution in [3.8, 4) is 0 Å². The monoisotopic (exact) mass is 323 g/mol. The van der Waals surface area contributed by atoms with E-state index >= 15 is 0 Å². The number of aromatic amines is 1. The summed E-state index contributed by atoms with van der Waals surface area (Å²) in [5.74, 6) is -0.120. The first-order valence-electron chi connectivity index (χ1n) is 6.86. The molecule has 2 aromatic heterocycles. The second kappa shape index (κ2) is 5.13. The van der Waals surface area contributed by atoms with E-state index < -0.39 is 35.7 Å². The van der Waals surface area contributed by atoms with E-state index in [2.05, 4.69) is 21.5 Å². The Morgan fingerprint density at radius 3 is 3.00 bits per heavy atom. The van der Waals surface area contributed by atoms with Crippen molar-refractivity contribution in [1.82, 2.24) is 19.5 Å². The van der Waals surface area contributed by atoms with Gasteiger partial charge >= 0.3 is 0 Å². The van der Waals surface area contributed by atoms with Gasteiger partial charge in [0.1, 0.15) is 23.9 Å². The average molecular weight is 323 g/mol. The van der Waals surface area contributed by atoms with Crippen molar-refractivity contribution in [3.63, 3.8) is 0 Å². The number of aliphatic hydroxyl groups excluding tert-OH is 2. The van der Waals surface area contributed by atoms with Crippen LogP contribution in [0.15, 0.2) is 23.8 Å². The number of hydrogen-bond acceptors (Lipinski definition) is 8. The molecule has 2 aromatic rings. The number of rotatable bonds is 3. The lowest BCUT2D eigenvalue weighted by atomic mass is 9.94. The predicted octanol–water partition coefficient (Wildman–Crippen LogP) is -1.74. The first kappa shape index (κ1) is 15.6. The summed E-state index contributed by atoms with van der Waals surface area (Å²) in [6.07, 6.45) is -2.35. The van der Waals surface area contributed by atoms with Crippen LogP contribution in [-0.2, 0) is 4.74 Å². The number of imidazole rings is 1. The minimum atomic E-state index is -1.76. The highest BCUT2D eigenvalue weighted by atomic mass is 16.6. The van der Waals surface area contributed by atoms with E-state index in [1.54, 1.807) is 0 Å². The lowest BCUT2D eigenvalue weighted by Gasteiger charge is -2.27. The van der Waals surface area contributed by atoms with Crippen LogP contribution in [0.2, 0.25) is 0 Å². The number of nitrogens with zero attached hydrogens (tertiary/aromatic N) is 3. The Bertz CT molecular complexity index is 813. The van der Waals surface area contributed by atoms with Gasteiger partial charge in [0.05, 0.1) is 6.33 Å². The minimum absolute atomic E-state index is 0.0146. The second-order valence-corrected chi connectivity index (χ2v) is 5.63. The zero-order valence-corrected chi connectivity index (χ0v) is 12.2. The molecular formula is C13H17N5O5. The summed E-state index contributed by atoms with van der Waals surface area (Å²) in [5.41, 5.74) is 3.34. The average Bonchev–Trinajstić information content (AvgIpc) is 2.99. The third-order valence-corrected chi connectivity index (χ3v) is 3.98. The molecule has 3 heterocycles. The number of fused-ring (bicyclic) bond motifs is 1. The van der Waals surface area contributed by atoms with E-state index in [1.165, 1.54) is 23.9 Å². The van der Waals surface area contributed by atoms with Crippen molar-refractivity contribution >= 4 is 17.1 Å². The van der Waals surface area contributed by atoms with Crippen LogP contribution >= 0.6 is 0 Å². The van der Waals surface area contributed by atoms with E-state index in [0.717, 1.165) is 0 Å². The van der Waals surface area contributed by atoms with Gasteiger partial charge in [-0.15, -0.1) is 6.58 Å². The summed E-state index contributed by atoms with van der Waals surface area (Å²) in [4.78, 5) is 22.0. The molecule has 0 amide bonds. The highest BCUT2D eigenvalue weighted by Gasteiger charge is 2.55. The number of anilines is 1. The lowest BCUT2D eigenvalue weighted by Crippen LogP contribution is -2.46. The van der Waals surface area contributed by atoms with Crippen molar-refractivity contribution < 1.29 is 20.1 Å². The van der Waals surface area contributed by atoms with Crippen LogP contribution in [0.5, 0.6) is 0 Å². The van der Waals surface area contributed by atoms with Crippen LogP contribution in [0.3, 0.4) is 0 Å². The molecule has 0 spiro atoms. The quantitative estimate of drug-likeness (QED) is 0.416. The van der Waals surface area contributed by atoms with E-state index in [0.29, 0.717) is 0 Å². The van der Waals surface area contributed by atoms with Gasteiger partial charge in [-0.05, 0) is 6.92 Å². The molecule has 3 rings (SSSR count). The molecule has 0 unspecified atom stereocenters. The smallest absolute Gasteiger partial charge is 0.280 e. The van der Waals surface area contributed by atoms with Gasteiger partial charge in [-0.2, -0.15) is 4.98 Å². The summed E-state index contributed by atoms with van der Waals surface area (Å²) in [7, 11) is 0. The summed E-state index contributed by atoms with van der Waals surface area (Å²) in [6.45, 7) is 4.78. The fourth-order valence-electron chi connectivity index (χ4n) is 2.70. The fraction of sp³-hybridized carbons (Fsp3) is 0.462. The molecule has 0 saturated carbocycles. The van der Waals surface area contributed by atoms with Crippen LogP contribution in [0.25, 0.3) is 11.2 Å². The Kier molecular flexibility index (Phi) is 3.48. The molecule has 23 heavy (non-hydrogen) atoms. The van der Waals surface area contributed by atoms with Gasteiger partial charge in [0.2, 0.25) is 5.95 Å². The summed E-state index contributed by atoms with van der Waals surface area (Å²) in [6, 6.07) is 0. The largest absolute Gasteiger partial charge is 0.387 e. The molecule has 0 aliphatic carbocycles. The summed E-state index contributed by atoms with van der Waals surface area (Å²) in [5, 5.41) is 30.7. The van der Waals surface area contributed by atoms with Gasteiger partial charge in [0.15, 0.2) is 17.4 Å². The van der Waals surface area contributed by atoms with Gasteiger partial charge < -0.3 is 25.8 Å².